The number of benzene rings is 2. The van der Waals surface area contributed by atoms with Gasteiger partial charge in [0.25, 0.3) is 0 Å². The number of ether oxygens (including phenoxy) is 2. The maximum Gasteiger partial charge on any atom is 0.412 e. The Kier molecular flexibility index (Phi) is 6.92. The van der Waals surface area contributed by atoms with Crippen LogP contribution in [0.3, 0.4) is 0 Å². The molecule has 6 nitrogen and oxygen atoms in total. The fraction of sp³-hybridized carbons (Fsp3) is 0.391. The van der Waals surface area contributed by atoms with Gasteiger partial charge in [-0.2, -0.15) is 0 Å². The van der Waals surface area contributed by atoms with Gasteiger partial charge in [-0.1, -0.05) is 11.2 Å². The van der Waals surface area contributed by atoms with Crippen LogP contribution >= 0.6 is 12.0 Å². The fourth-order valence-corrected chi connectivity index (χ4v) is 3.71. The Labute approximate surface area is 182 Å². The quantitative estimate of drug-likeness (QED) is 0.232. The molecule has 7 heteroatoms. The Morgan fingerprint density at radius 1 is 1.13 bits per heavy atom. The predicted molar refractivity (Wildman–Crippen MR) is 120 cm³/mol. The summed E-state index contributed by atoms with van der Waals surface area (Å²) in [5, 5.41) is 6.76. The molecule has 1 aliphatic heterocycles. The maximum absolute atomic E-state index is 11.7. The first-order chi connectivity index (χ1) is 14.3. The molecule has 2 aromatic rings. The monoisotopic (exact) mass is 428 g/mol. The first kappa shape index (κ1) is 22.0. The van der Waals surface area contributed by atoms with Gasteiger partial charge < -0.3 is 13.8 Å². The summed E-state index contributed by atoms with van der Waals surface area (Å²) < 4.78 is 16.6. The summed E-state index contributed by atoms with van der Waals surface area (Å²) in [4.78, 5) is 12.7. The topological polar surface area (TPSA) is 69.1 Å². The first-order valence-corrected chi connectivity index (χ1v) is 10.7. The largest absolute Gasteiger partial charge is 0.494 e. The second kappa shape index (κ2) is 9.43. The van der Waals surface area contributed by atoms with Crippen LogP contribution in [0.25, 0.3) is 0 Å². The molecule has 0 fully saturated rings. The van der Waals surface area contributed by atoms with E-state index in [1.54, 1.807) is 6.21 Å². The summed E-state index contributed by atoms with van der Waals surface area (Å²) in [5.41, 5.74) is 4.46. The Bertz CT molecular complexity index is 956. The van der Waals surface area contributed by atoms with Crippen LogP contribution in [0, 0.1) is 20.8 Å². The van der Waals surface area contributed by atoms with Crippen molar-refractivity contribution in [2.24, 2.45) is 5.16 Å². The second-order valence-corrected chi connectivity index (χ2v) is 8.66. The van der Waals surface area contributed by atoms with Crippen molar-refractivity contribution in [2.45, 2.75) is 58.0 Å². The lowest BCUT2D eigenvalue weighted by molar-refractivity contribution is 0.0417. The number of cyclic esters (lactones) is 1. The molecule has 0 aliphatic carbocycles. The smallest absolute Gasteiger partial charge is 0.412 e. The molecule has 1 amide bonds. The number of rotatable bonds is 8. The average molecular weight is 429 g/mol. The van der Waals surface area contributed by atoms with E-state index in [0.29, 0.717) is 6.61 Å². The minimum Gasteiger partial charge on any atom is -0.494 e. The molecule has 0 aromatic heterocycles. The van der Waals surface area contributed by atoms with Gasteiger partial charge in [0.05, 0.1) is 17.2 Å². The molecule has 30 heavy (non-hydrogen) atoms. The number of fused-ring (bicyclic) bond motifs is 1. The highest BCUT2D eigenvalue weighted by Gasteiger charge is 2.34. The van der Waals surface area contributed by atoms with Crippen LogP contribution in [0.2, 0.25) is 0 Å². The van der Waals surface area contributed by atoms with Crippen LogP contribution in [0.1, 0.15) is 48.9 Å². The van der Waals surface area contributed by atoms with Crippen molar-refractivity contribution in [3.8, 4) is 5.75 Å². The van der Waals surface area contributed by atoms with Gasteiger partial charge in [-0.3, -0.25) is 5.32 Å². The number of carbonyl (C=O) groups is 1. The SMILES string of the molecule is Cc1ccc(SON=CCCCOc2cc(C)c3c(c2)C(C)(C)OC(=O)N3)cc1C. The van der Waals surface area contributed by atoms with Crippen molar-refractivity contribution in [1.82, 2.24) is 0 Å². The van der Waals surface area contributed by atoms with Gasteiger partial charge in [-0.05, 0) is 88.4 Å². The number of nitrogens with one attached hydrogen (secondary N) is 1. The number of amides is 1. The van der Waals surface area contributed by atoms with Crippen LogP contribution in [-0.2, 0) is 14.6 Å². The lowest BCUT2D eigenvalue weighted by atomic mass is 9.92. The highest BCUT2D eigenvalue weighted by Crippen LogP contribution is 2.39. The second-order valence-electron chi connectivity index (χ2n) is 7.87. The van der Waals surface area contributed by atoms with Crippen LogP contribution in [-0.4, -0.2) is 18.9 Å². The molecule has 1 N–H and O–H groups in total. The minimum atomic E-state index is -0.695. The number of anilines is 1. The summed E-state index contributed by atoms with van der Waals surface area (Å²) >= 11 is 1.25. The van der Waals surface area contributed by atoms with E-state index in [9.17, 15) is 4.79 Å². The van der Waals surface area contributed by atoms with E-state index in [-0.39, 0.29) is 0 Å². The number of nitrogens with zero attached hydrogens (tertiary/aromatic N) is 1. The zero-order chi connectivity index (χ0) is 21.7. The van der Waals surface area contributed by atoms with E-state index in [1.165, 1.54) is 23.2 Å². The molecule has 0 bridgehead atoms. The Morgan fingerprint density at radius 2 is 1.93 bits per heavy atom. The van der Waals surface area contributed by atoms with Gasteiger partial charge in [-0.15, -0.1) is 0 Å². The van der Waals surface area contributed by atoms with Crippen LogP contribution in [0.15, 0.2) is 40.4 Å². The highest BCUT2D eigenvalue weighted by molar-refractivity contribution is 7.94. The van der Waals surface area contributed by atoms with E-state index < -0.39 is 11.7 Å². The highest BCUT2D eigenvalue weighted by atomic mass is 32.2. The number of oxime groups is 1. The lowest BCUT2D eigenvalue weighted by Crippen LogP contribution is -2.35. The third-order valence-electron chi connectivity index (χ3n) is 5.01. The standard InChI is InChI=1S/C23H28N2O4S/c1-15-8-9-19(13-16(15)2)30-29-24-10-6-7-11-27-18-12-17(3)21-20(14-18)23(4,5)28-22(26)25-21/h8-10,12-14H,6-7,11H2,1-5H3,(H,25,26). The minimum absolute atomic E-state index is 0.429. The predicted octanol–water partition coefficient (Wildman–Crippen LogP) is 6.28. The van der Waals surface area contributed by atoms with E-state index in [1.807, 2.05) is 39.0 Å². The van der Waals surface area contributed by atoms with Gasteiger partial charge in [0.2, 0.25) is 0 Å². The van der Waals surface area contributed by atoms with Crippen molar-refractivity contribution in [3.05, 3.63) is 52.6 Å². The molecule has 0 unspecified atom stereocenters. The summed E-state index contributed by atoms with van der Waals surface area (Å²) in [5.74, 6) is 0.762. The average Bonchev–Trinajstić information content (AvgIpc) is 2.67. The van der Waals surface area contributed by atoms with Crippen molar-refractivity contribution in [2.75, 3.05) is 11.9 Å². The van der Waals surface area contributed by atoms with Gasteiger partial charge in [0.15, 0.2) is 0 Å². The third-order valence-corrected chi connectivity index (χ3v) is 5.62. The molecule has 0 radical (unpaired) electrons. The van der Waals surface area contributed by atoms with Crippen molar-refractivity contribution < 1.29 is 18.6 Å². The van der Waals surface area contributed by atoms with Crippen LogP contribution in [0.4, 0.5) is 10.5 Å². The van der Waals surface area contributed by atoms with Crippen molar-refractivity contribution >= 4 is 30.0 Å². The summed E-state index contributed by atoms with van der Waals surface area (Å²) in [7, 11) is 0. The number of aryl methyl sites for hydroxylation is 3. The Morgan fingerprint density at radius 3 is 2.70 bits per heavy atom. The third kappa shape index (κ3) is 5.48. The van der Waals surface area contributed by atoms with E-state index in [2.05, 4.69) is 36.5 Å². The van der Waals surface area contributed by atoms with Crippen molar-refractivity contribution in [3.63, 3.8) is 0 Å². The van der Waals surface area contributed by atoms with E-state index in [0.717, 1.165) is 40.3 Å². The first-order valence-electron chi connectivity index (χ1n) is 9.97. The molecule has 3 rings (SSSR count). The number of carbonyl (C=O) groups excluding carboxylic acids is 1. The molecular formula is C23H28N2O4S. The van der Waals surface area contributed by atoms with E-state index in [4.69, 9.17) is 13.8 Å². The zero-order valence-electron chi connectivity index (χ0n) is 18.1. The molecule has 2 aromatic carbocycles. The molecule has 0 saturated heterocycles. The van der Waals surface area contributed by atoms with Crippen LogP contribution < -0.4 is 10.1 Å². The normalized spacial score (nSPS) is 14.8. The Hall–Kier alpha value is -2.67. The molecular weight excluding hydrogens is 400 g/mol. The maximum atomic E-state index is 11.7. The summed E-state index contributed by atoms with van der Waals surface area (Å²) in [6, 6.07) is 10.0. The molecule has 1 aliphatic rings. The van der Waals surface area contributed by atoms with Gasteiger partial charge in [-0.25, -0.2) is 4.79 Å². The van der Waals surface area contributed by atoms with Gasteiger partial charge in [0.1, 0.15) is 23.4 Å². The molecule has 0 saturated carbocycles. The number of unbranched alkanes of at least 4 members (excludes halogenated alkanes) is 1. The van der Waals surface area contributed by atoms with Gasteiger partial charge >= 0.3 is 6.09 Å². The number of hydrogen-bond donors (Lipinski definition) is 1. The van der Waals surface area contributed by atoms with Crippen molar-refractivity contribution in [1.29, 1.82) is 0 Å². The molecule has 0 atom stereocenters. The number of hydrogen-bond acceptors (Lipinski definition) is 6. The van der Waals surface area contributed by atoms with Crippen LogP contribution in [0.5, 0.6) is 5.75 Å². The summed E-state index contributed by atoms with van der Waals surface area (Å²) in [6.07, 6.45) is 2.89. The van der Waals surface area contributed by atoms with Gasteiger partial charge in [0, 0.05) is 11.8 Å². The zero-order valence-corrected chi connectivity index (χ0v) is 18.9. The fourth-order valence-electron chi connectivity index (χ4n) is 3.17. The molecule has 0 spiro atoms. The Balaban J connectivity index is 1.43. The summed E-state index contributed by atoms with van der Waals surface area (Å²) in [6.45, 7) is 10.4. The van der Waals surface area contributed by atoms with E-state index >= 15 is 0 Å². The lowest BCUT2D eigenvalue weighted by Gasteiger charge is -2.33. The molecule has 1 heterocycles. The molecule has 160 valence electrons.